The monoisotopic (exact) mass is 363 g/mol. The lowest BCUT2D eigenvalue weighted by atomic mass is 9.84. The fourth-order valence-electron chi connectivity index (χ4n) is 3.41. The Kier molecular flexibility index (Phi) is 5.28. The molecule has 24 heavy (non-hydrogen) atoms. The normalized spacial score (nSPS) is 17.6. The van der Waals surface area contributed by atoms with Crippen LogP contribution in [-0.4, -0.2) is 17.6 Å². The average molecular weight is 364 g/mol. The van der Waals surface area contributed by atoms with Crippen molar-refractivity contribution in [2.24, 2.45) is 0 Å². The molecule has 1 heterocycles. The molecule has 0 saturated heterocycles. The van der Waals surface area contributed by atoms with Crippen LogP contribution >= 0.6 is 22.9 Å². The third kappa shape index (κ3) is 3.51. The molecular weight excluding hydrogens is 342 g/mol. The summed E-state index contributed by atoms with van der Waals surface area (Å²) in [5, 5.41) is 13.3. The summed E-state index contributed by atoms with van der Waals surface area (Å²) >= 11 is 7.78. The molecule has 0 radical (unpaired) electrons. The van der Waals surface area contributed by atoms with Crippen LogP contribution < -0.4 is 5.32 Å². The van der Waals surface area contributed by atoms with Gasteiger partial charge in [-0.3, -0.25) is 4.79 Å². The lowest BCUT2D eigenvalue weighted by Crippen LogP contribution is -2.38. The van der Waals surface area contributed by atoms with Crippen molar-refractivity contribution in [3.05, 3.63) is 56.7 Å². The molecule has 128 valence electrons. The van der Waals surface area contributed by atoms with E-state index in [1.54, 1.807) is 30.4 Å². The van der Waals surface area contributed by atoms with Gasteiger partial charge in [0.2, 0.25) is 0 Å². The molecule has 1 aromatic carbocycles. The molecule has 0 spiro atoms. The van der Waals surface area contributed by atoms with E-state index in [0.717, 1.165) is 17.7 Å². The van der Waals surface area contributed by atoms with Gasteiger partial charge in [0.05, 0.1) is 16.7 Å². The van der Waals surface area contributed by atoms with Crippen molar-refractivity contribution < 1.29 is 9.90 Å². The number of amides is 1. The van der Waals surface area contributed by atoms with Crippen molar-refractivity contribution in [1.82, 2.24) is 5.32 Å². The number of carbonyl (C=O) groups excluding carboxylic acids is 1. The molecule has 1 saturated carbocycles. The van der Waals surface area contributed by atoms with Gasteiger partial charge >= 0.3 is 0 Å². The fourth-order valence-corrected chi connectivity index (χ4v) is 4.83. The Morgan fingerprint density at radius 1 is 1.29 bits per heavy atom. The zero-order valence-corrected chi connectivity index (χ0v) is 15.3. The van der Waals surface area contributed by atoms with Crippen LogP contribution in [-0.2, 0) is 5.41 Å². The van der Waals surface area contributed by atoms with Crippen LogP contribution in [0.3, 0.4) is 0 Å². The zero-order chi connectivity index (χ0) is 17.2. The number of benzene rings is 1. The molecule has 0 bridgehead atoms. The molecule has 3 rings (SSSR count). The number of carbonyl (C=O) groups is 1. The maximum atomic E-state index is 12.5. The van der Waals surface area contributed by atoms with Crippen molar-refractivity contribution in [3.8, 4) is 0 Å². The van der Waals surface area contributed by atoms with Crippen LogP contribution in [0.2, 0.25) is 5.02 Å². The maximum absolute atomic E-state index is 12.5. The summed E-state index contributed by atoms with van der Waals surface area (Å²) in [5.41, 5.74) is 0.498. The Bertz CT molecular complexity index is 720. The highest BCUT2D eigenvalue weighted by Gasteiger charge is 2.37. The van der Waals surface area contributed by atoms with E-state index in [4.69, 9.17) is 11.6 Å². The first-order valence-corrected chi connectivity index (χ1v) is 9.52. The highest BCUT2D eigenvalue weighted by atomic mass is 35.5. The van der Waals surface area contributed by atoms with Gasteiger partial charge in [0, 0.05) is 21.7 Å². The van der Waals surface area contributed by atoms with Crippen molar-refractivity contribution in [2.75, 3.05) is 6.54 Å². The summed E-state index contributed by atoms with van der Waals surface area (Å²) < 4.78 is 0. The average Bonchev–Trinajstić information content (AvgIpc) is 3.23. The van der Waals surface area contributed by atoms with E-state index in [-0.39, 0.29) is 11.3 Å². The third-order valence-electron chi connectivity index (χ3n) is 4.83. The molecule has 5 heteroatoms. The predicted octanol–water partition coefficient (Wildman–Crippen LogP) is 4.70. The van der Waals surface area contributed by atoms with Crippen LogP contribution in [0.1, 0.15) is 58.8 Å². The van der Waals surface area contributed by atoms with Gasteiger partial charge in [-0.15, -0.1) is 11.3 Å². The SMILES string of the molecule is CC(O)c1ccc(C2(CNC(=O)c3ccccc3Cl)CCCC2)s1. The van der Waals surface area contributed by atoms with Crippen LogP contribution in [0.25, 0.3) is 0 Å². The smallest absolute Gasteiger partial charge is 0.252 e. The van der Waals surface area contributed by atoms with E-state index in [1.807, 2.05) is 18.2 Å². The molecule has 1 fully saturated rings. The van der Waals surface area contributed by atoms with Gasteiger partial charge in [-0.2, -0.15) is 0 Å². The van der Waals surface area contributed by atoms with Crippen molar-refractivity contribution in [2.45, 2.75) is 44.1 Å². The van der Waals surface area contributed by atoms with Gasteiger partial charge < -0.3 is 10.4 Å². The second-order valence-corrected chi connectivity index (χ2v) is 8.05. The highest BCUT2D eigenvalue weighted by Crippen LogP contribution is 2.44. The van der Waals surface area contributed by atoms with E-state index >= 15 is 0 Å². The Morgan fingerprint density at radius 3 is 2.62 bits per heavy atom. The minimum absolute atomic E-state index is 0.0191. The highest BCUT2D eigenvalue weighted by molar-refractivity contribution is 7.12. The number of thiophene rings is 1. The minimum Gasteiger partial charge on any atom is -0.388 e. The summed E-state index contributed by atoms with van der Waals surface area (Å²) in [5.74, 6) is -0.126. The van der Waals surface area contributed by atoms with E-state index in [0.29, 0.717) is 17.1 Å². The first-order chi connectivity index (χ1) is 11.5. The Labute approximate surface area is 151 Å². The predicted molar refractivity (Wildman–Crippen MR) is 98.9 cm³/mol. The molecule has 0 aliphatic heterocycles. The number of halogens is 1. The number of aliphatic hydroxyl groups is 1. The molecule has 1 amide bonds. The first-order valence-electron chi connectivity index (χ1n) is 8.33. The molecule has 2 N–H and O–H groups in total. The molecule has 1 aromatic heterocycles. The summed E-state index contributed by atoms with van der Waals surface area (Å²) in [4.78, 5) is 14.7. The number of hydrogen-bond acceptors (Lipinski definition) is 3. The van der Waals surface area contributed by atoms with Crippen molar-refractivity contribution in [1.29, 1.82) is 0 Å². The Hall–Kier alpha value is -1.36. The van der Waals surface area contributed by atoms with Gasteiger partial charge in [0.15, 0.2) is 0 Å². The summed E-state index contributed by atoms with van der Waals surface area (Å²) in [7, 11) is 0. The standard InChI is InChI=1S/C19H22ClNO2S/c1-13(22)16-8-9-17(24-16)19(10-4-5-11-19)12-21-18(23)14-6-2-3-7-15(14)20/h2-3,6-9,13,22H,4-5,10-12H2,1H3,(H,21,23). The molecule has 3 nitrogen and oxygen atoms in total. The van der Waals surface area contributed by atoms with Gasteiger partial charge in [0.1, 0.15) is 0 Å². The second-order valence-electron chi connectivity index (χ2n) is 6.53. The number of rotatable bonds is 5. The maximum Gasteiger partial charge on any atom is 0.252 e. The summed E-state index contributed by atoms with van der Waals surface area (Å²) in [6.07, 6.45) is 4.03. The zero-order valence-electron chi connectivity index (χ0n) is 13.7. The Balaban J connectivity index is 1.77. The lowest BCUT2D eigenvalue weighted by Gasteiger charge is -2.28. The van der Waals surface area contributed by atoms with E-state index in [9.17, 15) is 9.90 Å². The lowest BCUT2D eigenvalue weighted by molar-refractivity contribution is 0.0943. The topological polar surface area (TPSA) is 49.3 Å². The van der Waals surface area contributed by atoms with Crippen LogP contribution in [0.4, 0.5) is 0 Å². The van der Waals surface area contributed by atoms with Crippen molar-refractivity contribution >= 4 is 28.8 Å². The molecule has 2 aromatic rings. The van der Waals surface area contributed by atoms with Gasteiger partial charge in [-0.05, 0) is 44.0 Å². The second kappa shape index (κ2) is 7.26. The van der Waals surface area contributed by atoms with E-state index < -0.39 is 6.10 Å². The largest absolute Gasteiger partial charge is 0.388 e. The molecular formula is C19H22ClNO2S. The van der Waals surface area contributed by atoms with Gasteiger partial charge in [-0.25, -0.2) is 0 Å². The van der Waals surface area contributed by atoms with Crippen LogP contribution in [0.15, 0.2) is 36.4 Å². The van der Waals surface area contributed by atoms with Crippen molar-refractivity contribution in [3.63, 3.8) is 0 Å². The summed E-state index contributed by atoms with van der Waals surface area (Å²) in [6, 6.07) is 11.2. The third-order valence-corrected chi connectivity index (χ3v) is 6.66. The molecule has 1 aliphatic rings. The van der Waals surface area contributed by atoms with Gasteiger partial charge in [0.25, 0.3) is 5.91 Å². The van der Waals surface area contributed by atoms with E-state index in [2.05, 4.69) is 11.4 Å². The number of hydrogen-bond donors (Lipinski definition) is 2. The number of aliphatic hydroxyl groups excluding tert-OH is 1. The molecule has 1 unspecified atom stereocenters. The molecule has 1 aliphatic carbocycles. The number of nitrogens with one attached hydrogen (secondary N) is 1. The Morgan fingerprint density at radius 2 is 2.00 bits per heavy atom. The van der Waals surface area contributed by atoms with Crippen LogP contribution in [0, 0.1) is 0 Å². The summed E-state index contributed by atoms with van der Waals surface area (Å²) in [6.45, 7) is 2.40. The van der Waals surface area contributed by atoms with Gasteiger partial charge in [-0.1, -0.05) is 36.6 Å². The molecule has 1 atom stereocenters. The fraction of sp³-hybridized carbons (Fsp3) is 0.421. The van der Waals surface area contributed by atoms with Crippen LogP contribution in [0.5, 0.6) is 0 Å². The van der Waals surface area contributed by atoms with E-state index in [1.165, 1.54) is 17.7 Å². The minimum atomic E-state index is -0.445. The first kappa shape index (κ1) is 17.5. The quantitative estimate of drug-likeness (QED) is 0.809.